The smallest absolute Gasteiger partial charge is 0.340 e. The molecule has 1 amide bonds. The monoisotopic (exact) mass is 672 g/mol. The van der Waals surface area contributed by atoms with Crippen LogP contribution in [-0.4, -0.2) is 46.1 Å². The van der Waals surface area contributed by atoms with Crippen molar-refractivity contribution >= 4 is 55.7 Å². The summed E-state index contributed by atoms with van der Waals surface area (Å²) in [7, 11) is 0. The summed E-state index contributed by atoms with van der Waals surface area (Å²) in [5.41, 5.74) is 4.48. The van der Waals surface area contributed by atoms with Crippen molar-refractivity contribution in [3.63, 3.8) is 0 Å². The van der Waals surface area contributed by atoms with Crippen LogP contribution in [-0.2, 0) is 6.54 Å². The molecule has 5 heterocycles. The van der Waals surface area contributed by atoms with Crippen molar-refractivity contribution in [2.45, 2.75) is 58.4 Å². The maximum Gasteiger partial charge on any atom is 0.340 e. The van der Waals surface area contributed by atoms with Crippen LogP contribution in [0.1, 0.15) is 71.5 Å². The number of amides is 1. The molecule has 11 nitrogen and oxygen atoms in total. The topological polar surface area (TPSA) is 139 Å². The molecule has 49 heavy (non-hydrogen) atoms. The molecule has 6 aromatic rings. The van der Waals surface area contributed by atoms with Gasteiger partial charge in [-0.15, -0.1) is 0 Å². The number of pyridine rings is 2. The second-order valence-corrected chi connectivity index (χ2v) is 15.3. The fourth-order valence-electron chi connectivity index (χ4n) is 9.24. The quantitative estimate of drug-likeness (QED) is 0.149. The molecule has 4 bridgehead atoms. The highest BCUT2D eigenvalue weighted by molar-refractivity contribution is 7.22. The molecule has 4 saturated carbocycles. The number of aromatic nitrogens is 6. The van der Waals surface area contributed by atoms with Gasteiger partial charge in [0.2, 0.25) is 0 Å². The number of imidazole rings is 1. The molecule has 1 aromatic carbocycles. The standard InChI is InChI=1S/C37H36N8O3S/c1-21-26(18-40-45(21)20-37-15-22-8-9-23(16-37)14-24(13-22)17-37)25-10-12-44-30(19-39-33(44)31(25)35(47)48)41-28-6-4-11-38-32(28)34(46)43-36-42-27-5-2-3-7-29(27)49-36/h2-7,10-12,18-19,22-24,41H,8-9,13-17,20H2,1H3,(H,47,48)(H,42,43,46). The summed E-state index contributed by atoms with van der Waals surface area (Å²) in [5, 5.41) is 21.9. The number of thiazole rings is 1. The Morgan fingerprint density at radius 2 is 1.78 bits per heavy atom. The van der Waals surface area contributed by atoms with Crippen LogP contribution in [0.15, 0.2) is 67.3 Å². The number of hydrogen-bond donors (Lipinski definition) is 3. The van der Waals surface area contributed by atoms with Crippen molar-refractivity contribution in [3.05, 3.63) is 84.2 Å². The highest BCUT2D eigenvalue weighted by Crippen LogP contribution is 2.58. The van der Waals surface area contributed by atoms with Crippen molar-refractivity contribution in [1.29, 1.82) is 0 Å². The number of nitrogens with zero attached hydrogens (tertiary/aromatic N) is 6. The number of fused-ring (bicyclic) bond motifs is 3. The van der Waals surface area contributed by atoms with E-state index in [0.29, 0.717) is 33.3 Å². The second-order valence-electron chi connectivity index (χ2n) is 14.3. The number of carboxylic acids is 1. The predicted octanol–water partition coefficient (Wildman–Crippen LogP) is 7.81. The number of anilines is 3. The van der Waals surface area contributed by atoms with E-state index >= 15 is 0 Å². The Labute approximate surface area is 286 Å². The van der Waals surface area contributed by atoms with Gasteiger partial charge in [-0.3, -0.25) is 19.2 Å². The van der Waals surface area contributed by atoms with E-state index in [-0.39, 0.29) is 11.3 Å². The van der Waals surface area contributed by atoms with Crippen molar-refractivity contribution in [2.75, 3.05) is 10.6 Å². The number of carbonyl (C=O) groups is 2. The first-order valence-corrected chi connectivity index (χ1v) is 17.8. The van der Waals surface area contributed by atoms with E-state index in [9.17, 15) is 14.7 Å². The highest BCUT2D eigenvalue weighted by atomic mass is 32.1. The van der Waals surface area contributed by atoms with Crippen LogP contribution < -0.4 is 10.6 Å². The first-order valence-electron chi connectivity index (χ1n) is 17.0. The Kier molecular flexibility index (Phi) is 7.04. The summed E-state index contributed by atoms with van der Waals surface area (Å²) in [6.07, 6.45) is 16.1. The van der Waals surface area contributed by atoms with Crippen LogP contribution in [0.2, 0.25) is 0 Å². The predicted molar refractivity (Wildman–Crippen MR) is 188 cm³/mol. The van der Waals surface area contributed by atoms with Crippen LogP contribution in [0.3, 0.4) is 0 Å². The minimum Gasteiger partial charge on any atom is -0.478 e. The average molecular weight is 673 g/mol. The van der Waals surface area contributed by atoms with Crippen LogP contribution in [0.5, 0.6) is 0 Å². The van der Waals surface area contributed by atoms with Crippen molar-refractivity contribution < 1.29 is 14.7 Å². The molecule has 0 spiro atoms. The molecular formula is C37H36N8O3S. The molecule has 248 valence electrons. The van der Waals surface area contributed by atoms with E-state index in [1.165, 1.54) is 56.3 Å². The third-order valence-corrected chi connectivity index (χ3v) is 12.0. The van der Waals surface area contributed by atoms with Gasteiger partial charge < -0.3 is 10.4 Å². The SMILES string of the molecule is Cc1c(-c2ccn3c(Nc4cccnc4C(=O)Nc4nc5ccccc5s4)cnc3c2C(=O)O)cnn1CC12CC3CCC(CC(C3)C1)C2. The summed E-state index contributed by atoms with van der Waals surface area (Å²) >= 11 is 1.39. The summed E-state index contributed by atoms with van der Waals surface area (Å²) in [6, 6.07) is 13.0. The molecule has 4 aliphatic carbocycles. The van der Waals surface area contributed by atoms with E-state index < -0.39 is 11.9 Å². The Balaban J connectivity index is 1.01. The molecule has 12 heteroatoms. The van der Waals surface area contributed by atoms with E-state index in [1.54, 1.807) is 28.9 Å². The third-order valence-electron chi connectivity index (χ3n) is 11.1. The number of hydrogen-bond acceptors (Lipinski definition) is 8. The maximum absolute atomic E-state index is 13.3. The molecule has 0 radical (unpaired) electrons. The lowest BCUT2D eigenvalue weighted by molar-refractivity contribution is 0.0169. The maximum atomic E-state index is 13.3. The molecule has 0 aliphatic heterocycles. The molecule has 3 N–H and O–H groups in total. The number of carboxylic acid groups (broad SMARTS) is 1. The zero-order valence-corrected chi connectivity index (χ0v) is 27.9. The minimum absolute atomic E-state index is 0.102. The summed E-state index contributed by atoms with van der Waals surface area (Å²) < 4.78 is 4.78. The van der Waals surface area contributed by atoms with Crippen LogP contribution in [0.25, 0.3) is 27.0 Å². The zero-order chi connectivity index (χ0) is 33.3. The largest absolute Gasteiger partial charge is 0.478 e. The molecule has 0 saturated heterocycles. The lowest BCUT2D eigenvalue weighted by Gasteiger charge is -2.48. The number of para-hydroxylation sites is 1. The van der Waals surface area contributed by atoms with Gasteiger partial charge in [0.15, 0.2) is 16.5 Å². The summed E-state index contributed by atoms with van der Waals surface area (Å²) in [5.74, 6) is 1.52. The fourth-order valence-corrected chi connectivity index (χ4v) is 10.1. The molecule has 2 unspecified atom stereocenters. The molecule has 4 fully saturated rings. The number of benzene rings is 1. The highest BCUT2D eigenvalue weighted by Gasteiger charge is 2.48. The van der Waals surface area contributed by atoms with Gasteiger partial charge in [-0.1, -0.05) is 36.3 Å². The van der Waals surface area contributed by atoms with Crippen molar-refractivity contribution in [1.82, 2.24) is 29.1 Å². The van der Waals surface area contributed by atoms with Crippen molar-refractivity contribution in [3.8, 4) is 11.1 Å². The number of aromatic carboxylic acids is 1. The van der Waals surface area contributed by atoms with Gasteiger partial charge in [-0.05, 0) is 92.5 Å². The molecule has 5 aromatic heterocycles. The molecule has 4 aliphatic rings. The van der Waals surface area contributed by atoms with E-state index in [2.05, 4.69) is 37.2 Å². The first-order chi connectivity index (χ1) is 23.8. The molecular weight excluding hydrogens is 637 g/mol. The van der Waals surface area contributed by atoms with Gasteiger partial charge in [0, 0.05) is 35.8 Å². The fraction of sp³-hybridized carbons (Fsp3) is 0.351. The van der Waals surface area contributed by atoms with Gasteiger partial charge in [-0.2, -0.15) is 5.10 Å². The Morgan fingerprint density at radius 3 is 2.57 bits per heavy atom. The van der Waals surface area contributed by atoms with Gasteiger partial charge in [-0.25, -0.2) is 19.7 Å². The van der Waals surface area contributed by atoms with E-state index in [4.69, 9.17) is 5.10 Å². The van der Waals surface area contributed by atoms with Crippen LogP contribution in [0, 0.1) is 30.1 Å². The van der Waals surface area contributed by atoms with Gasteiger partial charge in [0.25, 0.3) is 5.91 Å². The molecule has 2 atom stereocenters. The Hall–Kier alpha value is -5.10. The Morgan fingerprint density at radius 1 is 0.980 bits per heavy atom. The third kappa shape index (κ3) is 5.25. The zero-order valence-electron chi connectivity index (χ0n) is 27.1. The van der Waals surface area contributed by atoms with Crippen LogP contribution >= 0.6 is 11.3 Å². The lowest BCUT2D eigenvalue weighted by Crippen LogP contribution is -2.40. The molecule has 10 rings (SSSR count). The Bertz CT molecular complexity index is 2220. The van der Waals surface area contributed by atoms with Gasteiger partial charge in [0.05, 0.1) is 28.3 Å². The van der Waals surface area contributed by atoms with E-state index in [0.717, 1.165) is 45.8 Å². The van der Waals surface area contributed by atoms with Crippen molar-refractivity contribution in [2.24, 2.45) is 23.2 Å². The van der Waals surface area contributed by atoms with Gasteiger partial charge >= 0.3 is 5.97 Å². The number of nitrogens with one attached hydrogen (secondary N) is 2. The number of carbonyl (C=O) groups excluding carboxylic acids is 1. The van der Waals surface area contributed by atoms with Gasteiger partial charge in [0.1, 0.15) is 11.4 Å². The normalized spacial score (nSPS) is 22.8. The minimum atomic E-state index is -1.07. The summed E-state index contributed by atoms with van der Waals surface area (Å²) in [4.78, 5) is 39.6. The second kappa shape index (κ2) is 11.5. The first kappa shape index (κ1) is 30.0. The summed E-state index contributed by atoms with van der Waals surface area (Å²) in [6.45, 7) is 2.94. The van der Waals surface area contributed by atoms with E-state index in [1.807, 2.05) is 42.7 Å². The number of rotatable bonds is 8. The lowest BCUT2D eigenvalue weighted by atomic mass is 9.58. The van der Waals surface area contributed by atoms with Crippen LogP contribution in [0.4, 0.5) is 16.6 Å². The average Bonchev–Trinajstić information content (AvgIpc) is 3.74.